The van der Waals surface area contributed by atoms with E-state index < -0.39 is 0 Å². The van der Waals surface area contributed by atoms with Crippen LogP contribution < -0.4 is 10.1 Å². The predicted octanol–water partition coefficient (Wildman–Crippen LogP) is 2.20. The molecule has 23 heavy (non-hydrogen) atoms. The molecule has 122 valence electrons. The van der Waals surface area contributed by atoms with Crippen molar-refractivity contribution in [1.82, 2.24) is 15.1 Å². The highest BCUT2D eigenvalue weighted by Crippen LogP contribution is 2.18. The number of carbonyl (C=O) groups is 1. The van der Waals surface area contributed by atoms with E-state index >= 15 is 0 Å². The van der Waals surface area contributed by atoms with Gasteiger partial charge in [0, 0.05) is 0 Å². The van der Waals surface area contributed by atoms with Crippen LogP contribution in [0.4, 0.5) is 0 Å². The fourth-order valence-corrected chi connectivity index (χ4v) is 3.12. The Balaban J connectivity index is 1.70. The lowest BCUT2D eigenvalue weighted by atomic mass is 10.1. The molecule has 1 aromatic carbocycles. The van der Waals surface area contributed by atoms with Crippen LogP contribution in [0, 0.1) is 0 Å². The number of amides is 1. The fraction of sp³-hybridized carbons (Fsp3) is 0.412. The maximum atomic E-state index is 12.6. The summed E-state index contributed by atoms with van der Waals surface area (Å²) in [5.74, 6) is 0.733. The summed E-state index contributed by atoms with van der Waals surface area (Å²) in [7, 11) is 1.63. The van der Waals surface area contributed by atoms with Gasteiger partial charge in [-0.05, 0) is 61.9 Å². The topological polar surface area (TPSA) is 44.8 Å². The second-order valence-electron chi connectivity index (χ2n) is 5.81. The third-order valence-electron chi connectivity index (χ3n) is 4.18. The van der Waals surface area contributed by atoms with E-state index in [2.05, 4.69) is 10.2 Å². The van der Waals surface area contributed by atoms with Crippen molar-refractivity contribution < 1.29 is 9.53 Å². The van der Waals surface area contributed by atoms with Crippen molar-refractivity contribution >= 4 is 29.3 Å². The predicted molar refractivity (Wildman–Crippen MR) is 93.8 cm³/mol. The van der Waals surface area contributed by atoms with Crippen LogP contribution in [0.5, 0.6) is 5.75 Å². The van der Waals surface area contributed by atoms with E-state index in [0.29, 0.717) is 17.5 Å². The van der Waals surface area contributed by atoms with E-state index in [1.54, 1.807) is 12.0 Å². The van der Waals surface area contributed by atoms with Gasteiger partial charge in [0.15, 0.2) is 5.11 Å². The van der Waals surface area contributed by atoms with Gasteiger partial charge in [0.1, 0.15) is 11.4 Å². The highest BCUT2D eigenvalue weighted by Gasteiger charge is 2.32. The van der Waals surface area contributed by atoms with Crippen LogP contribution in [-0.4, -0.2) is 47.7 Å². The monoisotopic (exact) mass is 331 g/mol. The molecule has 0 aliphatic carbocycles. The molecular formula is C17H21N3O2S. The number of hydrogen-bond acceptors (Lipinski definition) is 4. The number of benzene rings is 1. The zero-order chi connectivity index (χ0) is 16.2. The zero-order valence-electron chi connectivity index (χ0n) is 13.2. The summed E-state index contributed by atoms with van der Waals surface area (Å²) in [6.45, 7) is 2.64. The van der Waals surface area contributed by atoms with E-state index in [9.17, 15) is 4.79 Å². The summed E-state index contributed by atoms with van der Waals surface area (Å²) >= 11 is 5.33. The maximum absolute atomic E-state index is 12.6. The van der Waals surface area contributed by atoms with Gasteiger partial charge in [-0.2, -0.15) is 0 Å². The highest BCUT2D eigenvalue weighted by atomic mass is 32.1. The highest BCUT2D eigenvalue weighted by molar-refractivity contribution is 7.80. The molecule has 0 radical (unpaired) electrons. The van der Waals surface area contributed by atoms with Crippen molar-refractivity contribution in [2.24, 2.45) is 0 Å². The Morgan fingerprint density at radius 2 is 1.91 bits per heavy atom. The van der Waals surface area contributed by atoms with Crippen LogP contribution in [0.1, 0.15) is 24.8 Å². The molecule has 2 saturated heterocycles. The molecule has 2 aliphatic heterocycles. The number of thiocarbonyl (C=S) groups is 1. The van der Waals surface area contributed by atoms with Crippen molar-refractivity contribution in [3.8, 4) is 5.75 Å². The van der Waals surface area contributed by atoms with E-state index in [1.807, 2.05) is 30.3 Å². The zero-order valence-corrected chi connectivity index (χ0v) is 14.1. The molecule has 0 spiro atoms. The SMILES string of the molecule is COc1ccc(/C=C2\NC(=S)N(CN3CCCCC3)C2=O)cc1. The lowest BCUT2D eigenvalue weighted by Gasteiger charge is -2.29. The van der Waals surface area contributed by atoms with Gasteiger partial charge >= 0.3 is 0 Å². The molecule has 3 rings (SSSR count). The Bertz CT molecular complexity index is 621. The lowest BCUT2D eigenvalue weighted by molar-refractivity contribution is -0.123. The first-order chi connectivity index (χ1) is 11.2. The second kappa shape index (κ2) is 7.10. The van der Waals surface area contributed by atoms with Crippen LogP contribution in [0.15, 0.2) is 30.0 Å². The molecule has 1 aromatic rings. The summed E-state index contributed by atoms with van der Waals surface area (Å²) in [4.78, 5) is 16.5. The van der Waals surface area contributed by atoms with Crippen molar-refractivity contribution in [2.45, 2.75) is 19.3 Å². The van der Waals surface area contributed by atoms with Crippen LogP contribution >= 0.6 is 12.2 Å². The van der Waals surface area contributed by atoms with Gasteiger partial charge in [0.05, 0.1) is 13.8 Å². The second-order valence-corrected chi connectivity index (χ2v) is 6.20. The normalized spacial score (nSPS) is 20.9. The molecule has 0 bridgehead atoms. The van der Waals surface area contributed by atoms with Gasteiger partial charge in [0.25, 0.3) is 5.91 Å². The Morgan fingerprint density at radius 1 is 1.22 bits per heavy atom. The third-order valence-corrected chi connectivity index (χ3v) is 4.50. The van der Waals surface area contributed by atoms with Gasteiger partial charge < -0.3 is 10.1 Å². The minimum absolute atomic E-state index is 0.0589. The first-order valence-electron chi connectivity index (χ1n) is 7.88. The van der Waals surface area contributed by atoms with Crippen molar-refractivity contribution in [3.63, 3.8) is 0 Å². The van der Waals surface area contributed by atoms with Crippen LogP contribution in [0.3, 0.4) is 0 Å². The number of rotatable bonds is 4. The van der Waals surface area contributed by atoms with Crippen molar-refractivity contribution in [1.29, 1.82) is 0 Å². The van der Waals surface area contributed by atoms with E-state index in [0.717, 1.165) is 24.4 Å². The van der Waals surface area contributed by atoms with Gasteiger partial charge in [-0.3, -0.25) is 14.6 Å². The van der Waals surface area contributed by atoms with Gasteiger partial charge in [-0.1, -0.05) is 18.6 Å². The molecular weight excluding hydrogens is 310 g/mol. The van der Waals surface area contributed by atoms with Gasteiger partial charge in [0.2, 0.25) is 0 Å². The largest absolute Gasteiger partial charge is 0.497 e. The molecule has 0 unspecified atom stereocenters. The molecule has 2 aliphatic rings. The summed E-state index contributed by atoms with van der Waals surface area (Å²) in [5.41, 5.74) is 1.46. The number of ether oxygens (including phenoxy) is 1. The molecule has 1 amide bonds. The average molecular weight is 331 g/mol. The number of carbonyl (C=O) groups excluding carboxylic acids is 1. The molecule has 0 aromatic heterocycles. The fourth-order valence-electron chi connectivity index (χ4n) is 2.87. The molecule has 6 heteroatoms. The Labute approximate surface area is 141 Å². The lowest BCUT2D eigenvalue weighted by Crippen LogP contribution is -2.43. The molecule has 0 saturated carbocycles. The Kier molecular flexibility index (Phi) is 4.93. The average Bonchev–Trinajstić information content (AvgIpc) is 2.84. The van der Waals surface area contributed by atoms with E-state index in [-0.39, 0.29) is 5.91 Å². The summed E-state index contributed by atoms with van der Waals surface area (Å²) in [5, 5.41) is 3.52. The quantitative estimate of drug-likeness (QED) is 0.677. The van der Waals surface area contributed by atoms with E-state index in [1.165, 1.54) is 19.3 Å². The summed E-state index contributed by atoms with van der Waals surface area (Å²) in [6.07, 6.45) is 5.48. The van der Waals surface area contributed by atoms with Crippen LogP contribution in [-0.2, 0) is 4.79 Å². The molecule has 0 atom stereocenters. The molecule has 5 nitrogen and oxygen atoms in total. The first-order valence-corrected chi connectivity index (χ1v) is 8.29. The van der Waals surface area contributed by atoms with Crippen molar-refractivity contribution in [2.75, 3.05) is 26.9 Å². The van der Waals surface area contributed by atoms with Crippen molar-refractivity contribution in [3.05, 3.63) is 35.5 Å². The molecule has 2 fully saturated rings. The maximum Gasteiger partial charge on any atom is 0.277 e. The minimum Gasteiger partial charge on any atom is -0.497 e. The van der Waals surface area contributed by atoms with Crippen LogP contribution in [0.25, 0.3) is 6.08 Å². The number of nitrogens with one attached hydrogen (secondary N) is 1. The van der Waals surface area contributed by atoms with Gasteiger partial charge in [-0.15, -0.1) is 0 Å². The minimum atomic E-state index is -0.0589. The van der Waals surface area contributed by atoms with Gasteiger partial charge in [-0.25, -0.2) is 0 Å². The standard InChI is InChI=1S/C17H21N3O2S/c1-22-14-7-5-13(6-8-14)11-15-16(21)20(17(23)18-15)12-19-9-3-2-4-10-19/h5-8,11H,2-4,9-10,12H2,1H3,(H,18,23)/b15-11-. The Morgan fingerprint density at radius 3 is 2.57 bits per heavy atom. The number of methoxy groups -OCH3 is 1. The number of hydrogen-bond donors (Lipinski definition) is 1. The number of piperidine rings is 1. The van der Waals surface area contributed by atoms with E-state index in [4.69, 9.17) is 17.0 Å². The Hall–Kier alpha value is -1.92. The smallest absolute Gasteiger partial charge is 0.277 e. The first kappa shape index (κ1) is 16.0. The molecule has 1 N–H and O–H groups in total. The summed E-state index contributed by atoms with van der Waals surface area (Å²) in [6, 6.07) is 7.57. The number of likely N-dealkylation sites (tertiary alicyclic amines) is 1. The number of nitrogens with zero attached hydrogens (tertiary/aromatic N) is 2. The molecule has 2 heterocycles. The summed E-state index contributed by atoms with van der Waals surface area (Å²) < 4.78 is 5.14. The van der Waals surface area contributed by atoms with Crippen LogP contribution in [0.2, 0.25) is 0 Å². The third kappa shape index (κ3) is 3.71.